The molecule has 0 aromatic heterocycles. The molecule has 2 nitrogen and oxygen atoms in total. The van der Waals surface area contributed by atoms with Gasteiger partial charge in [0.15, 0.2) is 0 Å². The van der Waals surface area contributed by atoms with E-state index in [4.69, 9.17) is 0 Å². The Kier molecular flexibility index (Phi) is 5.05. The van der Waals surface area contributed by atoms with Crippen molar-refractivity contribution in [2.75, 3.05) is 30.4 Å². The summed E-state index contributed by atoms with van der Waals surface area (Å²) in [5.74, 6) is 0. The Morgan fingerprint density at radius 1 is 0.800 bits per heavy atom. The van der Waals surface area contributed by atoms with E-state index in [1.54, 1.807) is 0 Å². The Labute approximate surface area is 122 Å². The minimum absolute atomic E-state index is 1.09. The number of unbranched alkanes of at least 4 members (excludes halogenated alkanes) is 1. The number of rotatable bonds is 6. The normalized spacial score (nSPS) is 10.3. The lowest BCUT2D eigenvalue weighted by Gasteiger charge is -2.28. The van der Waals surface area contributed by atoms with E-state index in [0.717, 1.165) is 6.54 Å². The largest absolute Gasteiger partial charge is 0.373 e. The van der Waals surface area contributed by atoms with Crippen molar-refractivity contribution in [1.82, 2.24) is 0 Å². The topological polar surface area (TPSA) is 6.48 Å². The van der Waals surface area contributed by atoms with Crippen molar-refractivity contribution in [3.63, 3.8) is 0 Å². The van der Waals surface area contributed by atoms with E-state index in [0.29, 0.717) is 0 Å². The van der Waals surface area contributed by atoms with Crippen LogP contribution in [0.3, 0.4) is 0 Å². The molecule has 0 saturated heterocycles. The summed E-state index contributed by atoms with van der Waals surface area (Å²) in [6.45, 7) is 3.33. The van der Waals surface area contributed by atoms with Crippen LogP contribution >= 0.6 is 0 Å². The van der Waals surface area contributed by atoms with Gasteiger partial charge in [0, 0.05) is 26.3 Å². The van der Waals surface area contributed by atoms with E-state index in [1.165, 1.54) is 29.9 Å². The molecule has 106 valence electrons. The van der Waals surface area contributed by atoms with Gasteiger partial charge in [-0.3, -0.25) is 0 Å². The molecule has 0 fully saturated rings. The van der Waals surface area contributed by atoms with Crippen molar-refractivity contribution in [3.05, 3.63) is 54.6 Å². The summed E-state index contributed by atoms with van der Waals surface area (Å²) in [7, 11) is 4.30. The zero-order chi connectivity index (χ0) is 14.4. The second-order valence-electron chi connectivity index (χ2n) is 5.16. The lowest BCUT2D eigenvalue weighted by molar-refractivity contribution is 0.766. The summed E-state index contributed by atoms with van der Waals surface area (Å²) in [5.41, 5.74) is 3.74. The van der Waals surface area contributed by atoms with Gasteiger partial charge in [-0.1, -0.05) is 43.7 Å². The van der Waals surface area contributed by atoms with Crippen LogP contribution in [-0.4, -0.2) is 20.6 Å². The van der Waals surface area contributed by atoms with Gasteiger partial charge >= 0.3 is 0 Å². The maximum atomic E-state index is 2.35. The standard InChI is InChI=1S/C18H24N2/c1-4-5-15-19(2)17-13-9-10-14-18(17)20(3)16-11-7-6-8-12-16/h6-14H,4-5,15H2,1-3H3. The maximum Gasteiger partial charge on any atom is 0.0645 e. The Balaban J connectivity index is 2.27. The zero-order valence-electron chi connectivity index (χ0n) is 12.7. The lowest BCUT2D eigenvalue weighted by Crippen LogP contribution is -2.21. The monoisotopic (exact) mass is 268 g/mol. The fourth-order valence-corrected chi connectivity index (χ4v) is 2.38. The van der Waals surface area contributed by atoms with Gasteiger partial charge in [0.05, 0.1) is 11.4 Å². The molecule has 2 heteroatoms. The summed E-state index contributed by atoms with van der Waals surface area (Å²) in [5, 5.41) is 0. The molecule has 0 atom stereocenters. The third kappa shape index (κ3) is 3.32. The predicted molar refractivity (Wildman–Crippen MR) is 89.1 cm³/mol. The highest BCUT2D eigenvalue weighted by molar-refractivity contribution is 5.76. The molecule has 0 radical (unpaired) electrons. The van der Waals surface area contributed by atoms with E-state index in [-0.39, 0.29) is 0 Å². The van der Waals surface area contributed by atoms with E-state index in [2.05, 4.69) is 85.4 Å². The highest BCUT2D eigenvalue weighted by Crippen LogP contribution is 2.32. The molecule has 0 spiro atoms. The highest BCUT2D eigenvalue weighted by Gasteiger charge is 2.11. The molecule has 0 unspecified atom stereocenters. The average Bonchev–Trinajstić information content (AvgIpc) is 2.52. The number of hydrogen-bond donors (Lipinski definition) is 0. The van der Waals surface area contributed by atoms with Crippen molar-refractivity contribution in [2.24, 2.45) is 0 Å². The number of benzene rings is 2. The molecule has 20 heavy (non-hydrogen) atoms. The summed E-state index contributed by atoms with van der Waals surface area (Å²) < 4.78 is 0. The molecule has 0 N–H and O–H groups in total. The van der Waals surface area contributed by atoms with E-state index in [1.807, 2.05) is 0 Å². The van der Waals surface area contributed by atoms with Gasteiger partial charge in [-0.25, -0.2) is 0 Å². The number of anilines is 3. The van der Waals surface area contributed by atoms with Crippen LogP contribution in [-0.2, 0) is 0 Å². The molecule has 0 aliphatic carbocycles. The van der Waals surface area contributed by atoms with Crippen LogP contribution in [0.2, 0.25) is 0 Å². The van der Waals surface area contributed by atoms with Gasteiger partial charge < -0.3 is 9.80 Å². The van der Waals surface area contributed by atoms with Crippen LogP contribution in [0.15, 0.2) is 54.6 Å². The van der Waals surface area contributed by atoms with Crippen LogP contribution in [0.4, 0.5) is 17.1 Å². The third-order valence-corrected chi connectivity index (χ3v) is 3.64. The molecule has 0 saturated carbocycles. The quantitative estimate of drug-likeness (QED) is 0.750. The first-order valence-corrected chi connectivity index (χ1v) is 7.33. The van der Waals surface area contributed by atoms with Gasteiger partial charge in [0.25, 0.3) is 0 Å². The smallest absolute Gasteiger partial charge is 0.0645 e. The van der Waals surface area contributed by atoms with Gasteiger partial charge in [0.2, 0.25) is 0 Å². The minimum Gasteiger partial charge on any atom is -0.373 e. The number of hydrogen-bond acceptors (Lipinski definition) is 2. The van der Waals surface area contributed by atoms with Gasteiger partial charge in [0.1, 0.15) is 0 Å². The first-order valence-electron chi connectivity index (χ1n) is 7.33. The van der Waals surface area contributed by atoms with E-state index in [9.17, 15) is 0 Å². The Bertz CT molecular complexity index is 522. The first-order chi connectivity index (χ1) is 9.74. The second-order valence-corrected chi connectivity index (χ2v) is 5.16. The molecular weight excluding hydrogens is 244 g/mol. The lowest BCUT2D eigenvalue weighted by atomic mass is 10.2. The Morgan fingerprint density at radius 2 is 1.40 bits per heavy atom. The molecule has 0 aliphatic heterocycles. The SMILES string of the molecule is CCCCN(C)c1ccccc1N(C)c1ccccc1. The van der Waals surface area contributed by atoms with E-state index >= 15 is 0 Å². The van der Waals surface area contributed by atoms with E-state index < -0.39 is 0 Å². The molecular formula is C18H24N2. The number of para-hydroxylation sites is 3. The Morgan fingerprint density at radius 3 is 2.05 bits per heavy atom. The van der Waals surface area contributed by atoms with Gasteiger partial charge in [-0.05, 0) is 30.7 Å². The van der Waals surface area contributed by atoms with Crippen LogP contribution in [0.5, 0.6) is 0 Å². The summed E-state index contributed by atoms with van der Waals surface area (Å²) in [6.07, 6.45) is 2.45. The molecule has 2 aromatic carbocycles. The summed E-state index contributed by atoms with van der Waals surface area (Å²) in [6, 6.07) is 19.1. The van der Waals surface area contributed by atoms with Crippen molar-refractivity contribution < 1.29 is 0 Å². The number of nitrogens with zero attached hydrogens (tertiary/aromatic N) is 2. The van der Waals surface area contributed by atoms with Crippen molar-refractivity contribution in [1.29, 1.82) is 0 Å². The van der Waals surface area contributed by atoms with Gasteiger partial charge in [-0.15, -0.1) is 0 Å². The molecule has 0 amide bonds. The second kappa shape index (κ2) is 6.99. The van der Waals surface area contributed by atoms with Crippen molar-refractivity contribution in [2.45, 2.75) is 19.8 Å². The summed E-state index contributed by atoms with van der Waals surface area (Å²) in [4.78, 5) is 4.59. The molecule has 2 aromatic rings. The van der Waals surface area contributed by atoms with Crippen LogP contribution in [0.25, 0.3) is 0 Å². The predicted octanol–water partition coefficient (Wildman–Crippen LogP) is 4.69. The van der Waals surface area contributed by atoms with Crippen LogP contribution in [0.1, 0.15) is 19.8 Å². The highest BCUT2D eigenvalue weighted by atomic mass is 15.2. The summed E-state index contributed by atoms with van der Waals surface area (Å²) >= 11 is 0. The minimum atomic E-state index is 1.09. The Hall–Kier alpha value is -1.96. The fourth-order valence-electron chi connectivity index (χ4n) is 2.38. The van der Waals surface area contributed by atoms with Crippen molar-refractivity contribution in [3.8, 4) is 0 Å². The third-order valence-electron chi connectivity index (χ3n) is 3.64. The molecule has 2 rings (SSSR count). The average molecular weight is 268 g/mol. The zero-order valence-corrected chi connectivity index (χ0v) is 12.7. The molecule has 0 aliphatic rings. The van der Waals surface area contributed by atoms with Gasteiger partial charge in [-0.2, -0.15) is 0 Å². The first kappa shape index (κ1) is 14.4. The fraction of sp³-hybridized carbons (Fsp3) is 0.333. The van der Waals surface area contributed by atoms with Crippen LogP contribution < -0.4 is 9.80 Å². The molecule has 0 bridgehead atoms. The molecule has 0 heterocycles. The maximum absolute atomic E-state index is 2.35. The van der Waals surface area contributed by atoms with Crippen LogP contribution in [0, 0.1) is 0 Å². The van der Waals surface area contributed by atoms with Crippen molar-refractivity contribution >= 4 is 17.1 Å².